The second-order valence-corrected chi connectivity index (χ2v) is 4.22. The van der Waals surface area contributed by atoms with Gasteiger partial charge in [0, 0.05) is 0 Å². The predicted octanol–water partition coefficient (Wildman–Crippen LogP) is 3.96. The summed E-state index contributed by atoms with van der Waals surface area (Å²) >= 11 is 2.00. The number of thioether (sulfide) groups is 1. The average molecular weight is 174 g/mol. The lowest BCUT2D eigenvalue weighted by molar-refractivity contribution is 0.624. The van der Waals surface area contributed by atoms with Gasteiger partial charge in [0.15, 0.2) is 0 Å². The molecule has 0 N–H and O–H groups in total. The minimum absolute atomic E-state index is 1.07. The zero-order valence-corrected chi connectivity index (χ0v) is 9.04. The summed E-state index contributed by atoms with van der Waals surface area (Å²) < 4.78 is 0. The maximum atomic E-state index is 2.21. The van der Waals surface area contributed by atoms with Gasteiger partial charge in [0.25, 0.3) is 0 Å². The number of hydrogen-bond donors (Lipinski definition) is 0. The Morgan fingerprint density at radius 2 is 1.64 bits per heavy atom. The van der Waals surface area contributed by atoms with E-state index in [1.54, 1.807) is 0 Å². The summed E-state index contributed by atoms with van der Waals surface area (Å²) in [5, 5.41) is 0. The van der Waals surface area contributed by atoms with Crippen LogP contribution in [0.4, 0.5) is 0 Å². The standard InChI is InChI=1S/C7H14S.C3H8/c1-8-6-7-4-2-3-5-7;1-3-2/h7H,2-6H2,1H3;3H2,1-2H3. The molecule has 0 atom stereocenters. The molecule has 0 aromatic heterocycles. The lowest BCUT2D eigenvalue weighted by Gasteiger charge is -2.03. The Labute approximate surface area is 76.1 Å². The van der Waals surface area contributed by atoms with Crippen LogP contribution in [0.5, 0.6) is 0 Å². The summed E-state index contributed by atoms with van der Waals surface area (Å²) in [6.07, 6.45) is 9.44. The summed E-state index contributed by atoms with van der Waals surface area (Å²) in [6, 6.07) is 0. The van der Waals surface area contributed by atoms with Gasteiger partial charge in [0.1, 0.15) is 0 Å². The normalized spacial score (nSPS) is 17.7. The maximum absolute atomic E-state index is 2.21. The second kappa shape index (κ2) is 8.45. The quantitative estimate of drug-likeness (QED) is 0.610. The van der Waals surface area contributed by atoms with Crippen molar-refractivity contribution in [2.75, 3.05) is 12.0 Å². The Morgan fingerprint density at radius 1 is 1.18 bits per heavy atom. The van der Waals surface area contributed by atoms with E-state index in [1.165, 1.54) is 37.9 Å². The molecule has 68 valence electrons. The van der Waals surface area contributed by atoms with Gasteiger partial charge >= 0.3 is 0 Å². The van der Waals surface area contributed by atoms with Crippen LogP contribution in [-0.2, 0) is 0 Å². The number of rotatable bonds is 2. The molecule has 0 amide bonds. The first kappa shape index (κ1) is 11.4. The van der Waals surface area contributed by atoms with Crippen molar-refractivity contribution in [1.29, 1.82) is 0 Å². The van der Waals surface area contributed by atoms with E-state index < -0.39 is 0 Å². The summed E-state index contributed by atoms with van der Waals surface area (Å²) in [5.41, 5.74) is 0. The van der Waals surface area contributed by atoms with Gasteiger partial charge < -0.3 is 0 Å². The largest absolute Gasteiger partial charge is 0.165 e. The van der Waals surface area contributed by atoms with E-state index in [9.17, 15) is 0 Å². The van der Waals surface area contributed by atoms with E-state index in [4.69, 9.17) is 0 Å². The van der Waals surface area contributed by atoms with E-state index >= 15 is 0 Å². The third-order valence-electron chi connectivity index (χ3n) is 1.88. The van der Waals surface area contributed by atoms with Gasteiger partial charge in [-0.2, -0.15) is 11.8 Å². The third-order valence-corrected chi connectivity index (χ3v) is 2.68. The van der Waals surface area contributed by atoms with Crippen molar-refractivity contribution in [2.45, 2.75) is 46.0 Å². The van der Waals surface area contributed by atoms with E-state index in [2.05, 4.69) is 20.1 Å². The molecule has 1 aliphatic rings. The zero-order valence-electron chi connectivity index (χ0n) is 8.23. The highest BCUT2D eigenvalue weighted by Gasteiger charge is 2.12. The van der Waals surface area contributed by atoms with Crippen molar-refractivity contribution >= 4 is 11.8 Å². The van der Waals surface area contributed by atoms with Gasteiger partial charge in [-0.15, -0.1) is 0 Å². The third kappa shape index (κ3) is 6.74. The summed E-state index contributed by atoms with van der Waals surface area (Å²) in [5.74, 6) is 2.48. The lowest BCUT2D eigenvalue weighted by Crippen LogP contribution is -1.94. The molecule has 0 aliphatic heterocycles. The molecule has 1 rings (SSSR count). The van der Waals surface area contributed by atoms with E-state index in [1.807, 2.05) is 11.8 Å². The fraction of sp³-hybridized carbons (Fsp3) is 1.00. The monoisotopic (exact) mass is 174 g/mol. The Balaban J connectivity index is 0.000000292. The highest BCUT2D eigenvalue weighted by atomic mass is 32.2. The van der Waals surface area contributed by atoms with Crippen LogP contribution >= 0.6 is 11.8 Å². The summed E-state index contributed by atoms with van der Waals surface area (Å²) in [6.45, 7) is 4.25. The van der Waals surface area contributed by atoms with Crippen molar-refractivity contribution < 1.29 is 0 Å². The first-order chi connectivity index (χ1) is 5.35. The van der Waals surface area contributed by atoms with Gasteiger partial charge in [-0.3, -0.25) is 0 Å². The Morgan fingerprint density at radius 3 is 2.00 bits per heavy atom. The van der Waals surface area contributed by atoms with E-state index in [0.29, 0.717) is 0 Å². The highest BCUT2D eigenvalue weighted by molar-refractivity contribution is 7.98. The molecule has 0 heterocycles. The first-order valence-electron chi connectivity index (χ1n) is 4.84. The van der Waals surface area contributed by atoms with Crippen LogP contribution in [0, 0.1) is 5.92 Å². The van der Waals surface area contributed by atoms with Crippen molar-refractivity contribution in [3.05, 3.63) is 0 Å². The Kier molecular flexibility index (Phi) is 8.72. The van der Waals surface area contributed by atoms with Crippen LogP contribution in [0.15, 0.2) is 0 Å². The molecule has 0 aromatic carbocycles. The minimum atomic E-state index is 1.07. The number of hydrogen-bond acceptors (Lipinski definition) is 1. The Bertz CT molecular complexity index is 65.3. The van der Waals surface area contributed by atoms with Gasteiger partial charge in [-0.1, -0.05) is 33.1 Å². The molecule has 0 bridgehead atoms. The molecule has 0 spiro atoms. The summed E-state index contributed by atoms with van der Waals surface area (Å²) in [7, 11) is 0. The lowest BCUT2D eigenvalue weighted by atomic mass is 10.1. The molecule has 1 aliphatic carbocycles. The molecule has 1 fully saturated rings. The van der Waals surface area contributed by atoms with E-state index in [0.717, 1.165) is 5.92 Å². The predicted molar refractivity (Wildman–Crippen MR) is 56.3 cm³/mol. The SMILES string of the molecule is CCC.CSCC1CCCC1. The summed E-state index contributed by atoms with van der Waals surface area (Å²) in [4.78, 5) is 0. The molecule has 0 nitrogen and oxygen atoms in total. The smallest absolute Gasteiger partial charge is 0.00419 e. The van der Waals surface area contributed by atoms with Crippen molar-refractivity contribution in [3.8, 4) is 0 Å². The second-order valence-electron chi connectivity index (χ2n) is 3.31. The maximum Gasteiger partial charge on any atom is -0.00419 e. The Hall–Kier alpha value is 0.350. The fourth-order valence-corrected chi connectivity index (χ4v) is 2.22. The molecular formula is C10H22S. The van der Waals surface area contributed by atoms with Crippen LogP contribution in [-0.4, -0.2) is 12.0 Å². The molecule has 1 saturated carbocycles. The van der Waals surface area contributed by atoms with Crippen LogP contribution < -0.4 is 0 Å². The van der Waals surface area contributed by atoms with Crippen LogP contribution in [0.25, 0.3) is 0 Å². The molecule has 11 heavy (non-hydrogen) atoms. The van der Waals surface area contributed by atoms with Crippen LogP contribution in [0.3, 0.4) is 0 Å². The van der Waals surface area contributed by atoms with Gasteiger partial charge in [-0.05, 0) is 30.8 Å². The van der Waals surface area contributed by atoms with Gasteiger partial charge in [-0.25, -0.2) is 0 Å². The minimum Gasteiger partial charge on any atom is -0.165 e. The molecule has 0 aromatic rings. The highest BCUT2D eigenvalue weighted by Crippen LogP contribution is 2.26. The molecular weight excluding hydrogens is 152 g/mol. The average Bonchev–Trinajstić information content (AvgIpc) is 2.42. The topological polar surface area (TPSA) is 0 Å². The first-order valence-corrected chi connectivity index (χ1v) is 6.23. The van der Waals surface area contributed by atoms with Crippen LogP contribution in [0.2, 0.25) is 0 Å². The van der Waals surface area contributed by atoms with Crippen molar-refractivity contribution in [3.63, 3.8) is 0 Å². The van der Waals surface area contributed by atoms with Gasteiger partial charge in [0.2, 0.25) is 0 Å². The van der Waals surface area contributed by atoms with Crippen LogP contribution in [0.1, 0.15) is 46.0 Å². The molecule has 0 unspecified atom stereocenters. The van der Waals surface area contributed by atoms with Crippen molar-refractivity contribution in [1.82, 2.24) is 0 Å². The molecule has 0 saturated heterocycles. The molecule has 1 heteroatoms. The van der Waals surface area contributed by atoms with E-state index in [-0.39, 0.29) is 0 Å². The zero-order chi connectivity index (χ0) is 8.53. The molecule has 0 radical (unpaired) electrons. The van der Waals surface area contributed by atoms with Crippen molar-refractivity contribution in [2.24, 2.45) is 5.92 Å². The van der Waals surface area contributed by atoms with Gasteiger partial charge in [0.05, 0.1) is 0 Å². The fourth-order valence-electron chi connectivity index (χ4n) is 1.41.